The van der Waals surface area contributed by atoms with Crippen LogP contribution >= 0.6 is 23.2 Å². The summed E-state index contributed by atoms with van der Waals surface area (Å²) in [6, 6.07) is 19.6. The van der Waals surface area contributed by atoms with Gasteiger partial charge in [-0.05, 0) is 55.0 Å². The predicted octanol–water partition coefficient (Wildman–Crippen LogP) is 5.05. The fraction of sp³-hybridized carbons (Fsp3) is 0.136. The van der Waals surface area contributed by atoms with Crippen molar-refractivity contribution in [3.05, 3.63) is 88.4 Å². The third-order valence-electron chi connectivity index (χ3n) is 4.35. The Morgan fingerprint density at radius 1 is 1.00 bits per heavy atom. The molecule has 3 rings (SSSR count). The molecule has 0 aromatic heterocycles. The van der Waals surface area contributed by atoms with Gasteiger partial charge in [0.25, 0.3) is 15.9 Å². The maximum atomic E-state index is 12.6. The zero-order valence-electron chi connectivity index (χ0n) is 16.5. The first-order valence-corrected chi connectivity index (χ1v) is 11.5. The number of carbonyl (C=O) groups is 1. The van der Waals surface area contributed by atoms with Gasteiger partial charge < -0.3 is 10.1 Å². The third-order valence-corrected chi connectivity index (χ3v) is 6.27. The molecule has 0 unspecified atom stereocenters. The van der Waals surface area contributed by atoms with Crippen molar-refractivity contribution in [3.8, 4) is 5.75 Å². The van der Waals surface area contributed by atoms with Crippen molar-refractivity contribution in [2.45, 2.75) is 17.9 Å². The number of rotatable bonds is 8. The number of nitrogens with one attached hydrogen (secondary N) is 2. The Morgan fingerprint density at radius 3 is 2.32 bits per heavy atom. The van der Waals surface area contributed by atoms with Gasteiger partial charge in [0.05, 0.1) is 16.0 Å². The third kappa shape index (κ3) is 6.37. The van der Waals surface area contributed by atoms with Crippen LogP contribution in [0.3, 0.4) is 0 Å². The predicted molar refractivity (Wildman–Crippen MR) is 122 cm³/mol. The fourth-order valence-electron chi connectivity index (χ4n) is 2.75. The second kappa shape index (κ2) is 10.0. The highest BCUT2D eigenvalue weighted by atomic mass is 35.5. The zero-order valence-corrected chi connectivity index (χ0v) is 18.8. The van der Waals surface area contributed by atoms with Crippen LogP contribution in [0.4, 0.5) is 5.69 Å². The number of halogens is 2. The molecule has 0 aliphatic carbocycles. The van der Waals surface area contributed by atoms with Crippen LogP contribution in [0.15, 0.2) is 77.7 Å². The Labute approximate surface area is 191 Å². The number of carbonyl (C=O) groups excluding carboxylic acids is 1. The van der Waals surface area contributed by atoms with E-state index in [9.17, 15) is 13.2 Å². The minimum Gasteiger partial charge on any atom is -0.482 e. The van der Waals surface area contributed by atoms with Gasteiger partial charge in [0.1, 0.15) is 5.75 Å². The molecule has 0 saturated heterocycles. The molecule has 3 aromatic rings. The number of sulfonamides is 1. The SMILES string of the molecule is C[C@@H](NC(=O)COc1ccc(S(=O)(=O)Nc2ccc(Cl)cc2)cc1Cl)c1ccccc1. The number of amides is 1. The van der Waals surface area contributed by atoms with Crippen LogP contribution in [0.1, 0.15) is 18.5 Å². The molecule has 1 atom stereocenters. The van der Waals surface area contributed by atoms with Gasteiger partial charge in [-0.2, -0.15) is 0 Å². The van der Waals surface area contributed by atoms with Crippen LogP contribution in [-0.4, -0.2) is 20.9 Å². The normalized spacial score (nSPS) is 12.1. The minimum atomic E-state index is -3.86. The molecule has 0 aliphatic rings. The summed E-state index contributed by atoms with van der Waals surface area (Å²) in [5, 5.41) is 3.40. The first-order valence-electron chi connectivity index (χ1n) is 9.29. The molecule has 6 nitrogen and oxygen atoms in total. The molecule has 0 fully saturated rings. The summed E-state index contributed by atoms with van der Waals surface area (Å²) >= 11 is 12.0. The Bertz CT molecular complexity index is 1150. The van der Waals surface area contributed by atoms with E-state index < -0.39 is 10.0 Å². The van der Waals surface area contributed by atoms with Gasteiger partial charge in [0, 0.05) is 10.7 Å². The maximum Gasteiger partial charge on any atom is 0.261 e. The lowest BCUT2D eigenvalue weighted by atomic mass is 10.1. The molecule has 1 amide bonds. The lowest BCUT2D eigenvalue weighted by Crippen LogP contribution is -2.31. The quantitative estimate of drug-likeness (QED) is 0.474. The second-order valence-electron chi connectivity index (χ2n) is 6.69. The fourth-order valence-corrected chi connectivity index (χ4v) is 4.26. The molecule has 9 heteroatoms. The van der Waals surface area contributed by atoms with E-state index in [2.05, 4.69) is 10.0 Å². The van der Waals surface area contributed by atoms with E-state index in [0.717, 1.165) is 5.56 Å². The smallest absolute Gasteiger partial charge is 0.261 e. The van der Waals surface area contributed by atoms with Crippen LogP contribution < -0.4 is 14.8 Å². The highest BCUT2D eigenvalue weighted by Gasteiger charge is 2.17. The van der Waals surface area contributed by atoms with E-state index in [1.165, 1.54) is 18.2 Å². The van der Waals surface area contributed by atoms with Crippen LogP contribution in [0.25, 0.3) is 0 Å². The van der Waals surface area contributed by atoms with Gasteiger partial charge in [0.15, 0.2) is 6.61 Å². The summed E-state index contributed by atoms with van der Waals surface area (Å²) in [6.07, 6.45) is 0. The molecular weight excluding hydrogens is 459 g/mol. The molecule has 0 aliphatic heterocycles. The Kier molecular flexibility index (Phi) is 7.43. The number of anilines is 1. The summed E-state index contributed by atoms with van der Waals surface area (Å²) in [5.41, 5.74) is 1.33. The molecule has 31 heavy (non-hydrogen) atoms. The van der Waals surface area contributed by atoms with Gasteiger partial charge in [-0.25, -0.2) is 8.42 Å². The summed E-state index contributed by atoms with van der Waals surface area (Å²) in [6.45, 7) is 1.61. The van der Waals surface area contributed by atoms with Gasteiger partial charge in [-0.1, -0.05) is 53.5 Å². The van der Waals surface area contributed by atoms with Crippen molar-refractivity contribution < 1.29 is 17.9 Å². The number of ether oxygens (including phenoxy) is 1. The van der Waals surface area contributed by atoms with Gasteiger partial charge >= 0.3 is 0 Å². The average Bonchev–Trinajstić information content (AvgIpc) is 2.75. The largest absolute Gasteiger partial charge is 0.482 e. The van der Waals surface area contributed by atoms with Crippen LogP contribution in [0.5, 0.6) is 5.75 Å². The Balaban J connectivity index is 1.61. The van der Waals surface area contributed by atoms with E-state index in [-0.39, 0.29) is 34.2 Å². The van der Waals surface area contributed by atoms with Crippen molar-refractivity contribution in [2.24, 2.45) is 0 Å². The highest BCUT2D eigenvalue weighted by Crippen LogP contribution is 2.28. The number of benzene rings is 3. The molecule has 0 radical (unpaired) electrons. The van der Waals surface area contributed by atoms with Gasteiger partial charge in [-0.3, -0.25) is 9.52 Å². The van der Waals surface area contributed by atoms with E-state index in [4.69, 9.17) is 27.9 Å². The summed E-state index contributed by atoms with van der Waals surface area (Å²) in [4.78, 5) is 12.1. The second-order valence-corrected chi connectivity index (χ2v) is 9.22. The average molecular weight is 479 g/mol. The molecular formula is C22H20Cl2N2O4S. The van der Waals surface area contributed by atoms with Crippen LogP contribution in [0.2, 0.25) is 10.0 Å². The highest BCUT2D eigenvalue weighted by molar-refractivity contribution is 7.92. The van der Waals surface area contributed by atoms with Crippen molar-refractivity contribution in [2.75, 3.05) is 11.3 Å². The van der Waals surface area contributed by atoms with Gasteiger partial charge in [0.2, 0.25) is 0 Å². The molecule has 0 bridgehead atoms. The number of hydrogen-bond donors (Lipinski definition) is 2. The first kappa shape index (κ1) is 22.9. The van der Waals surface area contributed by atoms with Crippen LogP contribution in [0, 0.1) is 0 Å². The Morgan fingerprint density at radius 2 is 1.68 bits per heavy atom. The van der Waals surface area contributed by atoms with E-state index in [1.807, 2.05) is 37.3 Å². The first-order chi connectivity index (χ1) is 14.7. The lowest BCUT2D eigenvalue weighted by molar-refractivity contribution is -0.123. The van der Waals surface area contributed by atoms with Crippen molar-refractivity contribution >= 4 is 44.8 Å². The summed E-state index contributed by atoms with van der Waals surface area (Å²) < 4.78 is 33.0. The standard InChI is InChI=1S/C22H20Cl2N2O4S/c1-15(16-5-3-2-4-6-16)25-22(27)14-30-21-12-11-19(13-20(21)24)31(28,29)26-18-9-7-17(23)8-10-18/h2-13,15,26H,14H2,1H3,(H,25,27)/t15-/m1/s1. The summed E-state index contributed by atoms with van der Waals surface area (Å²) in [5.74, 6) is -0.122. The summed E-state index contributed by atoms with van der Waals surface area (Å²) in [7, 11) is -3.86. The molecule has 162 valence electrons. The van der Waals surface area contributed by atoms with Crippen molar-refractivity contribution in [1.29, 1.82) is 0 Å². The lowest BCUT2D eigenvalue weighted by Gasteiger charge is -2.15. The zero-order chi connectivity index (χ0) is 22.4. The molecule has 0 spiro atoms. The van der Waals surface area contributed by atoms with E-state index in [1.54, 1.807) is 24.3 Å². The van der Waals surface area contributed by atoms with Crippen LogP contribution in [-0.2, 0) is 14.8 Å². The molecule has 3 aromatic carbocycles. The topological polar surface area (TPSA) is 84.5 Å². The molecule has 0 saturated carbocycles. The van der Waals surface area contributed by atoms with Crippen molar-refractivity contribution in [3.63, 3.8) is 0 Å². The number of hydrogen-bond acceptors (Lipinski definition) is 4. The molecule has 0 heterocycles. The molecule has 2 N–H and O–H groups in total. The van der Waals surface area contributed by atoms with E-state index >= 15 is 0 Å². The monoisotopic (exact) mass is 478 g/mol. The van der Waals surface area contributed by atoms with E-state index in [0.29, 0.717) is 10.7 Å². The maximum absolute atomic E-state index is 12.6. The Hall–Kier alpha value is -2.74. The van der Waals surface area contributed by atoms with Crippen molar-refractivity contribution in [1.82, 2.24) is 5.32 Å². The minimum absolute atomic E-state index is 0.0399. The van der Waals surface area contributed by atoms with Gasteiger partial charge in [-0.15, -0.1) is 0 Å².